The van der Waals surface area contributed by atoms with E-state index in [2.05, 4.69) is 5.32 Å². The predicted octanol–water partition coefficient (Wildman–Crippen LogP) is 4.99. The van der Waals surface area contributed by atoms with Gasteiger partial charge in [0, 0.05) is 17.2 Å². The number of carbonyl (C=O) groups is 3. The van der Waals surface area contributed by atoms with Crippen LogP contribution in [0.4, 0.5) is 0 Å². The molecule has 4 aromatic rings. The van der Waals surface area contributed by atoms with Gasteiger partial charge >= 0.3 is 5.97 Å². The number of hydrogen-bond acceptors (Lipinski definition) is 7. The number of amides is 2. The van der Waals surface area contributed by atoms with Gasteiger partial charge in [0.05, 0.1) is 13.0 Å². The van der Waals surface area contributed by atoms with E-state index in [1.165, 1.54) is 23.5 Å². The second kappa shape index (κ2) is 13.3. The molecule has 6 rings (SSSR count). The fourth-order valence-electron chi connectivity index (χ4n) is 5.53. The molecule has 4 aromatic carbocycles. The summed E-state index contributed by atoms with van der Waals surface area (Å²) in [7, 11) is 0. The summed E-state index contributed by atoms with van der Waals surface area (Å²) in [4.78, 5) is 43.0. The van der Waals surface area contributed by atoms with Gasteiger partial charge in [-0.15, -0.1) is 23.5 Å². The van der Waals surface area contributed by atoms with E-state index in [0.717, 1.165) is 21.6 Å². The van der Waals surface area contributed by atoms with Crippen molar-refractivity contribution in [3.8, 4) is 0 Å². The smallest absolute Gasteiger partial charge is 0.326 e. The largest absolute Gasteiger partial charge is 0.451 e. The minimum Gasteiger partial charge on any atom is -0.451 e. The summed E-state index contributed by atoms with van der Waals surface area (Å²) in [6, 6.07) is 35.3. The van der Waals surface area contributed by atoms with E-state index in [9.17, 15) is 19.5 Å². The number of fused-ring (bicyclic) bond motifs is 1. The molecule has 9 heteroatoms. The van der Waals surface area contributed by atoms with Crippen molar-refractivity contribution < 1.29 is 24.2 Å². The summed E-state index contributed by atoms with van der Waals surface area (Å²) >= 11 is 2.79. The highest BCUT2D eigenvalue weighted by Gasteiger charge is 2.58. The molecule has 2 heterocycles. The molecule has 224 valence electrons. The molecule has 2 saturated heterocycles. The zero-order valence-electron chi connectivity index (χ0n) is 23.9. The van der Waals surface area contributed by atoms with Gasteiger partial charge in [0.2, 0.25) is 11.8 Å². The van der Waals surface area contributed by atoms with Crippen LogP contribution in [0.5, 0.6) is 0 Å². The zero-order valence-corrected chi connectivity index (χ0v) is 25.5. The summed E-state index contributed by atoms with van der Waals surface area (Å²) < 4.78 is 5.22. The number of β-lactam (4-membered cyclic amide) rings is 1. The first-order valence-electron chi connectivity index (χ1n) is 14.4. The van der Waals surface area contributed by atoms with Gasteiger partial charge in [-0.25, -0.2) is 0 Å². The van der Waals surface area contributed by atoms with Crippen LogP contribution in [0.1, 0.15) is 28.4 Å². The lowest BCUT2D eigenvalue weighted by atomic mass is 9.99. The number of hydrogen-bond donors (Lipinski definition) is 2. The maximum atomic E-state index is 14.4. The Morgan fingerprint density at radius 2 is 1.50 bits per heavy atom. The Bertz CT molecular complexity index is 1580. The maximum absolute atomic E-state index is 14.4. The first kappa shape index (κ1) is 30.0. The molecule has 1 unspecified atom stereocenters. The molecule has 7 nitrogen and oxygen atoms in total. The van der Waals surface area contributed by atoms with E-state index in [1.807, 2.05) is 115 Å². The molecular weight excluding hydrogens is 593 g/mol. The molecule has 0 aromatic heterocycles. The van der Waals surface area contributed by atoms with Crippen LogP contribution in [0.25, 0.3) is 0 Å². The van der Waals surface area contributed by atoms with Crippen molar-refractivity contribution in [2.24, 2.45) is 0 Å². The number of aliphatic hydroxyl groups is 1. The monoisotopic (exact) mass is 624 g/mol. The van der Waals surface area contributed by atoms with E-state index in [1.54, 1.807) is 4.90 Å². The van der Waals surface area contributed by atoms with Crippen molar-refractivity contribution >= 4 is 41.3 Å². The number of benzene rings is 4. The van der Waals surface area contributed by atoms with Crippen molar-refractivity contribution in [2.75, 3.05) is 12.3 Å². The molecule has 0 saturated carbocycles. The third-order valence-corrected chi connectivity index (χ3v) is 11.0. The van der Waals surface area contributed by atoms with Gasteiger partial charge in [0.1, 0.15) is 16.2 Å². The standard InChI is InChI=1S/C35H32N2O5S2/c38-21-27-18-10-11-19-28(27)44-35(34(41)42-31(25-14-6-2-7-15-25)26-16-8-3-9-17-26)22-37-32(40)30(33(37)43-23-35)36-29(39)20-24-12-4-1-5-13-24/h1-19,30-31,33,38H,20-23H2,(H,36,39)/t30-,33-,35?/m1/s1. The van der Waals surface area contributed by atoms with Gasteiger partial charge in [-0.1, -0.05) is 109 Å². The Morgan fingerprint density at radius 3 is 2.14 bits per heavy atom. The summed E-state index contributed by atoms with van der Waals surface area (Å²) in [5.74, 6) is -0.528. The summed E-state index contributed by atoms with van der Waals surface area (Å²) in [6.45, 7) is -0.0625. The number of thioether (sulfide) groups is 2. The predicted molar refractivity (Wildman–Crippen MR) is 172 cm³/mol. The van der Waals surface area contributed by atoms with E-state index >= 15 is 0 Å². The Kier molecular flexibility index (Phi) is 9.07. The normalized spacial score (nSPS) is 20.9. The van der Waals surface area contributed by atoms with Crippen molar-refractivity contribution in [1.82, 2.24) is 10.2 Å². The number of carbonyl (C=O) groups excluding carboxylic acids is 3. The van der Waals surface area contributed by atoms with Crippen LogP contribution in [-0.4, -0.2) is 56.3 Å². The van der Waals surface area contributed by atoms with Gasteiger partial charge in [-0.05, 0) is 28.3 Å². The number of nitrogens with one attached hydrogen (secondary N) is 1. The molecule has 0 spiro atoms. The Labute approximate surface area is 265 Å². The average molecular weight is 625 g/mol. The number of rotatable bonds is 10. The van der Waals surface area contributed by atoms with Gasteiger partial charge < -0.3 is 20.1 Å². The lowest BCUT2D eigenvalue weighted by Crippen LogP contribution is -2.74. The van der Waals surface area contributed by atoms with Crippen LogP contribution in [0.3, 0.4) is 0 Å². The summed E-state index contributed by atoms with van der Waals surface area (Å²) in [6.07, 6.45) is -0.456. The van der Waals surface area contributed by atoms with E-state index in [0.29, 0.717) is 11.3 Å². The van der Waals surface area contributed by atoms with Crippen molar-refractivity contribution in [3.63, 3.8) is 0 Å². The van der Waals surface area contributed by atoms with Crippen LogP contribution >= 0.6 is 23.5 Å². The van der Waals surface area contributed by atoms with Gasteiger partial charge in [0.15, 0.2) is 6.10 Å². The Hall–Kier alpha value is -4.05. The fraction of sp³-hybridized carbons (Fsp3) is 0.229. The molecule has 2 fully saturated rings. The minimum absolute atomic E-state index is 0.119. The van der Waals surface area contributed by atoms with Gasteiger partial charge in [0.25, 0.3) is 0 Å². The van der Waals surface area contributed by atoms with Crippen molar-refractivity contribution in [3.05, 3.63) is 138 Å². The van der Waals surface area contributed by atoms with E-state index in [-0.39, 0.29) is 36.8 Å². The molecule has 2 aliphatic heterocycles. The second-order valence-electron chi connectivity index (χ2n) is 10.8. The summed E-state index contributed by atoms with van der Waals surface area (Å²) in [5, 5.41) is 12.7. The molecule has 2 aliphatic rings. The third kappa shape index (κ3) is 6.26. The molecular formula is C35H32N2O5S2. The zero-order chi connectivity index (χ0) is 30.5. The average Bonchev–Trinajstić information content (AvgIpc) is 3.07. The lowest BCUT2D eigenvalue weighted by molar-refractivity contribution is -0.156. The van der Waals surface area contributed by atoms with Crippen LogP contribution in [0, 0.1) is 0 Å². The van der Waals surface area contributed by atoms with Crippen LogP contribution < -0.4 is 5.32 Å². The topological polar surface area (TPSA) is 95.9 Å². The highest BCUT2D eigenvalue weighted by atomic mass is 32.2. The number of aliphatic hydroxyl groups excluding tert-OH is 1. The molecule has 0 bridgehead atoms. The van der Waals surface area contributed by atoms with E-state index in [4.69, 9.17) is 4.74 Å². The molecule has 3 atom stereocenters. The summed E-state index contributed by atoms with van der Waals surface area (Å²) in [5.41, 5.74) is 3.24. The Balaban J connectivity index is 1.25. The number of ether oxygens (including phenoxy) is 1. The number of nitrogens with zero attached hydrogens (tertiary/aromatic N) is 1. The highest BCUT2D eigenvalue weighted by molar-refractivity contribution is 8.05. The van der Waals surface area contributed by atoms with Crippen molar-refractivity contribution in [1.29, 1.82) is 0 Å². The first-order chi connectivity index (χ1) is 21.5. The molecule has 0 radical (unpaired) electrons. The van der Waals surface area contributed by atoms with Crippen molar-refractivity contribution in [2.45, 2.75) is 40.2 Å². The number of esters is 1. The second-order valence-corrected chi connectivity index (χ2v) is 13.4. The molecule has 44 heavy (non-hydrogen) atoms. The third-order valence-electron chi connectivity index (χ3n) is 7.83. The quantitative estimate of drug-likeness (QED) is 0.190. The van der Waals surface area contributed by atoms with Crippen LogP contribution in [0.15, 0.2) is 120 Å². The van der Waals surface area contributed by atoms with Gasteiger partial charge in [-0.2, -0.15) is 0 Å². The maximum Gasteiger partial charge on any atom is 0.326 e. The molecule has 2 N–H and O–H groups in total. The first-order valence-corrected chi connectivity index (χ1v) is 16.3. The minimum atomic E-state index is -1.15. The molecule has 0 aliphatic carbocycles. The lowest BCUT2D eigenvalue weighted by Gasteiger charge is -2.54. The fourth-order valence-corrected chi connectivity index (χ4v) is 8.52. The SMILES string of the molecule is O=C(Cc1ccccc1)N[C@@H]1C(=O)N2CC(Sc3ccccc3CO)(C(=O)OC(c3ccccc3)c3ccccc3)CS[C@H]12. The van der Waals surface area contributed by atoms with E-state index < -0.39 is 22.9 Å². The molecule has 2 amide bonds. The Morgan fingerprint density at radius 1 is 0.909 bits per heavy atom. The van der Waals surface area contributed by atoms with Crippen LogP contribution in [-0.2, 0) is 32.1 Å². The van der Waals surface area contributed by atoms with Crippen LogP contribution in [0.2, 0.25) is 0 Å². The van der Waals surface area contributed by atoms with Gasteiger partial charge in [-0.3, -0.25) is 14.4 Å². The highest BCUT2D eigenvalue weighted by Crippen LogP contribution is 2.48.